The van der Waals surface area contributed by atoms with E-state index in [1.54, 1.807) is 0 Å². The highest BCUT2D eigenvalue weighted by molar-refractivity contribution is 5.06. The Hall–Kier alpha value is -0.600. The molecule has 0 spiro atoms. The Morgan fingerprint density at radius 2 is 2.20 bits per heavy atom. The number of rotatable bonds is 4. The number of hydrogen-bond donors (Lipinski definition) is 2. The standard InChI is InChI=1S/C13H21NO/c15-10-12-6-7-13(8-12)14-9-11-4-2-1-3-5-11/h1-2,6-7,11-15H,3-5,8-10H2/t11?,12-,13+/m0/s1. The molecule has 2 N–H and O–H groups in total. The zero-order valence-corrected chi connectivity index (χ0v) is 9.23. The highest BCUT2D eigenvalue weighted by atomic mass is 16.3. The molecule has 0 saturated heterocycles. The van der Waals surface area contributed by atoms with Gasteiger partial charge in [-0.2, -0.15) is 0 Å². The highest BCUT2D eigenvalue weighted by Gasteiger charge is 2.18. The number of hydrogen-bond acceptors (Lipinski definition) is 2. The van der Waals surface area contributed by atoms with Crippen molar-refractivity contribution >= 4 is 0 Å². The quantitative estimate of drug-likeness (QED) is 0.690. The summed E-state index contributed by atoms with van der Waals surface area (Å²) in [6.07, 6.45) is 13.8. The van der Waals surface area contributed by atoms with E-state index in [0.717, 1.165) is 18.9 Å². The lowest BCUT2D eigenvalue weighted by Crippen LogP contribution is -2.31. The SMILES string of the molecule is OC[C@H]1C=C[C@@H](NCC2CC=CCC2)C1. The van der Waals surface area contributed by atoms with Crippen LogP contribution in [0, 0.1) is 11.8 Å². The fourth-order valence-electron chi connectivity index (χ4n) is 2.42. The molecule has 2 aliphatic carbocycles. The Kier molecular flexibility index (Phi) is 3.98. The van der Waals surface area contributed by atoms with Crippen molar-refractivity contribution in [3.05, 3.63) is 24.3 Å². The molecule has 0 radical (unpaired) electrons. The predicted molar refractivity (Wildman–Crippen MR) is 62.6 cm³/mol. The van der Waals surface area contributed by atoms with Crippen molar-refractivity contribution in [2.24, 2.45) is 11.8 Å². The van der Waals surface area contributed by atoms with Crippen LogP contribution in [-0.4, -0.2) is 24.3 Å². The largest absolute Gasteiger partial charge is 0.396 e. The molecule has 0 aromatic rings. The van der Waals surface area contributed by atoms with Crippen LogP contribution < -0.4 is 5.32 Å². The summed E-state index contributed by atoms with van der Waals surface area (Å²) in [6.45, 7) is 1.42. The maximum atomic E-state index is 9.01. The first-order valence-corrected chi connectivity index (χ1v) is 6.06. The monoisotopic (exact) mass is 207 g/mol. The van der Waals surface area contributed by atoms with E-state index >= 15 is 0 Å². The second kappa shape index (κ2) is 5.47. The number of aliphatic hydroxyl groups is 1. The summed E-state index contributed by atoms with van der Waals surface area (Å²) < 4.78 is 0. The minimum absolute atomic E-state index is 0.293. The second-order valence-corrected chi connectivity index (χ2v) is 4.73. The van der Waals surface area contributed by atoms with E-state index in [2.05, 4.69) is 29.6 Å². The molecule has 2 heteroatoms. The minimum atomic E-state index is 0.293. The van der Waals surface area contributed by atoms with Gasteiger partial charge in [-0.3, -0.25) is 0 Å². The molecule has 0 bridgehead atoms. The van der Waals surface area contributed by atoms with Crippen LogP contribution in [0.2, 0.25) is 0 Å². The van der Waals surface area contributed by atoms with Gasteiger partial charge >= 0.3 is 0 Å². The van der Waals surface area contributed by atoms with E-state index in [0.29, 0.717) is 18.6 Å². The molecule has 15 heavy (non-hydrogen) atoms. The molecule has 1 unspecified atom stereocenters. The summed E-state index contributed by atoms with van der Waals surface area (Å²) in [4.78, 5) is 0. The van der Waals surface area contributed by atoms with Crippen molar-refractivity contribution in [2.45, 2.75) is 31.7 Å². The molecular formula is C13H21NO. The lowest BCUT2D eigenvalue weighted by atomic mass is 9.94. The Morgan fingerprint density at radius 1 is 1.27 bits per heavy atom. The van der Waals surface area contributed by atoms with Gasteiger partial charge in [-0.05, 0) is 38.1 Å². The molecule has 2 rings (SSSR count). The molecule has 0 aliphatic heterocycles. The van der Waals surface area contributed by atoms with Crippen molar-refractivity contribution in [3.63, 3.8) is 0 Å². The molecule has 3 atom stereocenters. The molecular weight excluding hydrogens is 186 g/mol. The average molecular weight is 207 g/mol. The third-order valence-corrected chi connectivity index (χ3v) is 3.45. The van der Waals surface area contributed by atoms with Crippen LogP contribution in [0.1, 0.15) is 25.7 Å². The third kappa shape index (κ3) is 3.18. The van der Waals surface area contributed by atoms with Crippen LogP contribution in [0.15, 0.2) is 24.3 Å². The smallest absolute Gasteiger partial charge is 0.0494 e. The molecule has 0 saturated carbocycles. The van der Waals surface area contributed by atoms with Crippen LogP contribution in [0.25, 0.3) is 0 Å². The molecule has 2 nitrogen and oxygen atoms in total. The van der Waals surface area contributed by atoms with Gasteiger partial charge in [0, 0.05) is 18.6 Å². The van der Waals surface area contributed by atoms with Gasteiger partial charge in [-0.1, -0.05) is 24.3 Å². The second-order valence-electron chi connectivity index (χ2n) is 4.73. The number of aliphatic hydroxyl groups excluding tert-OH is 1. The summed E-state index contributed by atoms with van der Waals surface area (Å²) in [6, 6.07) is 0.494. The van der Waals surface area contributed by atoms with Crippen LogP contribution >= 0.6 is 0 Å². The van der Waals surface area contributed by atoms with E-state index in [9.17, 15) is 0 Å². The molecule has 0 amide bonds. The van der Waals surface area contributed by atoms with Crippen molar-refractivity contribution in [2.75, 3.05) is 13.2 Å². The van der Waals surface area contributed by atoms with Crippen LogP contribution in [-0.2, 0) is 0 Å². The summed E-state index contributed by atoms with van der Waals surface area (Å²) in [7, 11) is 0. The van der Waals surface area contributed by atoms with Gasteiger partial charge in [0.1, 0.15) is 0 Å². The van der Waals surface area contributed by atoms with E-state index in [1.165, 1.54) is 19.3 Å². The van der Waals surface area contributed by atoms with Gasteiger partial charge in [-0.25, -0.2) is 0 Å². The molecule has 0 fully saturated rings. The maximum Gasteiger partial charge on any atom is 0.0494 e. The lowest BCUT2D eigenvalue weighted by Gasteiger charge is -2.20. The predicted octanol–water partition coefficient (Wildman–Crippen LogP) is 1.87. The van der Waals surface area contributed by atoms with E-state index in [1.807, 2.05) is 0 Å². The van der Waals surface area contributed by atoms with Gasteiger partial charge < -0.3 is 10.4 Å². The van der Waals surface area contributed by atoms with Crippen molar-refractivity contribution in [3.8, 4) is 0 Å². The van der Waals surface area contributed by atoms with Gasteiger partial charge in [0.25, 0.3) is 0 Å². The Morgan fingerprint density at radius 3 is 2.87 bits per heavy atom. The first-order valence-electron chi connectivity index (χ1n) is 6.06. The summed E-state index contributed by atoms with van der Waals surface area (Å²) in [5.74, 6) is 1.20. The Labute approximate surface area is 92.1 Å². The lowest BCUT2D eigenvalue weighted by molar-refractivity contribution is 0.245. The summed E-state index contributed by atoms with van der Waals surface area (Å²) in [5.41, 5.74) is 0. The van der Waals surface area contributed by atoms with Gasteiger partial charge in [-0.15, -0.1) is 0 Å². The van der Waals surface area contributed by atoms with E-state index in [4.69, 9.17) is 5.11 Å². The van der Waals surface area contributed by atoms with Crippen LogP contribution in [0.3, 0.4) is 0 Å². The first kappa shape index (κ1) is 10.9. The van der Waals surface area contributed by atoms with Gasteiger partial charge in [0.05, 0.1) is 0 Å². The third-order valence-electron chi connectivity index (χ3n) is 3.45. The van der Waals surface area contributed by atoms with Gasteiger partial charge in [0.2, 0.25) is 0 Å². The van der Waals surface area contributed by atoms with Gasteiger partial charge in [0.15, 0.2) is 0 Å². The van der Waals surface area contributed by atoms with Crippen molar-refractivity contribution in [1.82, 2.24) is 5.32 Å². The Bertz CT molecular complexity index is 247. The molecule has 0 aromatic heterocycles. The molecule has 84 valence electrons. The Balaban J connectivity index is 1.66. The zero-order chi connectivity index (χ0) is 10.5. The number of nitrogens with one attached hydrogen (secondary N) is 1. The molecule has 0 aromatic carbocycles. The van der Waals surface area contributed by atoms with Crippen LogP contribution in [0.5, 0.6) is 0 Å². The van der Waals surface area contributed by atoms with Crippen molar-refractivity contribution < 1.29 is 5.11 Å². The maximum absolute atomic E-state index is 9.01. The summed E-state index contributed by atoms with van der Waals surface area (Å²) in [5, 5.41) is 12.6. The molecule has 2 aliphatic rings. The minimum Gasteiger partial charge on any atom is -0.396 e. The zero-order valence-electron chi connectivity index (χ0n) is 9.23. The number of allylic oxidation sites excluding steroid dienone is 2. The van der Waals surface area contributed by atoms with E-state index in [-0.39, 0.29) is 0 Å². The fraction of sp³-hybridized carbons (Fsp3) is 0.692. The molecule has 0 heterocycles. The topological polar surface area (TPSA) is 32.3 Å². The van der Waals surface area contributed by atoms with Crippen molar-refractivity contribution in [1.29, 1.82) is 0 Å². The first-order chi connectivity index (χ1) is 7.38. The normalized spacial score (nSPS) is 34.9. The average Bonchev–Trinajstić information content (AvgIpc) is 2.76. The fourth-order valence-corrected chi connectivity index (χ4v) is 2.42. The highest BCUT2D eigenvalue weighted by Crippen LogP contribution is 2.20. The van der Waals surface area contributed by atoms with Crippen LogP contribution in [0.4, 0.5) is 0 Å². The van der Waals surface area contributed by atoms with E-state index < -0.39 is 0 Å². The summed E-state index contributed by atoms with van der Waals surface area (Å²) >= 11 is 0.